The van der Waals surface area contributed by atoms with E-state index in [9.17, 15) is 0 Å². The lowest BCUT2D eigenvalue weighted by Gasteiger charge is -2.07. The maximum Gasteiger partial charge on any atom is 0.243 e. The van der Waals surface area contributed by atoms with Gasteiger partial charge in [0.2, 0.25) is 5.88 Å². The van der Waals surface area contributed by atoms with Gasteiger partial charge < -0.3 is 10.1 Å². The second-order valence-corrected chi connectivity index (χ2v) is 5.71. The Hall–Kier alpha value is -1.37. The molecule has 0 saturated heterocycles. The molecule has 0 radical (unpaired) electrons. The predicted octanol–water partition coefficient (Wildman–Crippen LogP) is 3.67. The molecule has 1 N–H and O–H groups in total. The number of fused-ring (bicyclic) bond motifs is 1. The molecule has 3 aromatic rings. The summed E-state index contributed by atoms with van der Waals surface area (Å²) in [6, 6.07) is 7.76. The van der Waals surface area contributed by atoms with Crippen molar-refractivity contribution in [3.05, 3.63) is 46.0 Å². The summed E-state index contributed by atoms with van der Waals surface area (Å²) in [6.45, 7) is 0.706. The van der Waals surface area contributed by atoms with Crippen LogP contribution in [0.5, 0.6) is 11.6 Å². The summed E-state index contributed by atoms with van der Waals surface area (Å²) < 4.78 is 8.89. The first-order chi connectivity index (χ1) is 9.29. The van der Waals surface area contributed by atoms with Crippen LogP contribution in [0.15, 0.2) is 40.3 Å². The number of nitrogens with zero attached hydrogens (tertiary/aromatic N) is 2. The number of rotatable bonds is 4. The van der Waals surface area contributed by atoms with E-state index in [0.29, 0.717) is 12.4 Å². The second-order valence-electron chi connectivity index (χ2n) is 3.98. The van der Waals surface area contributed by atoms with Crippen LogP contribution in [0.2, 0.25) is 0 Å². The third-order valence-corrected chi connectivity index (χ3v) is 4.12. The number of ether oxygens (including phenoxy) is 1. The smallest absolute Gasteiger partial charge is 0.243 e. The third-order valence-electron chi connectivity index (χ3n) is 2.71. The lowest BCUT2D eigenvalue weighted by Crippen LogP contribution is -2.08. The molecule has 2 heterocycles. The Balaban J connectivity index is 2.02. The monoisotopic (exact) mass is 337 g/mol. The van der Waals surface area contributed by atoms with E-state index in [-0.39, 0.29) is 0 Å². The van der Waals surface area contributed by atoms with Gasteiger partial charge in [-0.25, -0.2) is 0 Å². The zero-order chi connectivity index (χ0) is 13.2. The van der Waals surface area contributed by atoms with E-state index >= 15 is 0 Å². The number of imidazole rings is 1. The van der Waals surface area contributed by atoms with Gasteiger partial charge in [-0.1, -0.05) is 12.1 Å². The van der Waals surface area contributed by atoms with E-state index in [0.717, 1.165) is 20.9 Å². The van der Waals surface area contributed by atoms with Crippen LogP contribution in [0.3, 0.4) is 0 Å². The number of benzene rings is 1. The molecule has 98 valence electrons. The summed E-state index contributed by atoms with van der Waals surface area (Å²) in [5.41, 5.74) is 1.02. The van der Waals surface area contributed by atoms with Crippen LogP contribution in [-0.2, 0) is 6.54 Å². The molecule has 0 aliphatic heterocycles. The average Bonchev–Trinajstić information content (AvgIpc) is 2.96. The minimum atomic E-state index is 0.646. The maximum atomic E-state index is 5.92. The Bertz CT molecular complexity index is 707. The predicted molar refractivity (Wildman–Crippen MR) is 80.0 cm³/mol. The number of thiazole rings is 1. The number of hydrogen-bond donors (Lipinski definition) is 1. The van der Waals surface area contributed by atoms with E-state index in [2.05, 4.69) is 26.2 Å². The van der Waals surface area contributed by atoms with Gasteiger partial charge in [-0.05, 0) is 35.1 Å². The fourth-order valence-corrected chi connectivity index (χ4v) is 2.94. The van der Waals surface area contributed by atoms with Gasteiger partial charge in [-0.15, -0.1) is 11.3 Å². The van der Waals surface area contributed by atoms with Crippen molar-refractivity contribution in [2.45, 2.75) is 6.54 Å². The minimum Gasteiger partial charge on any atom is -0.436 e. The second kappa shape index (κ2) is 5.32. The van der Waals surface area contributed by atoms with Crippen molar-refractivity contribution in [1.29, 1.82) is 0 Å². The van der Waals surface area contributed by atoms with Gasteiger partial charge in [0.1, 0.15) is 11.4 Å². The number of halogens is 1. The van der Waals surface area contributed by atoms with Crippen molar-refractivity contribution in [2.75, 3.05) is 7.05 Å². The molecule has 2 aromatic heterocycles. The number of nitrogens with one attached hydrogen (secondary N) is 1. The van der Waals surface area contributed by atoms with E-state index in [1.54, 1.807) is 11.3 Å². The van der Waals surface area contributed by atoms with Crippen LogP contribution in [0, 0.1) is 0 Å². The van der Waals surface area contributed by atoms with Crippen LogP contribution in [-0.4, -0.2) is 16.4 Å². The van der Waals surface area contributed by atoms with Gasteiger partial charge in [0.25, 0.3) is 0 Å². The minimum absolute atomic E-state index is 0.646. The Morgan fingerprint density at radius 3 is 3.05 bits per heavy atom. The molecule has 3 rings (SSSR count). The molecule has 0 amide bonds. The van der Waals surface area contributed by atoms with Gasteiger partial charge in [0.15, 0.2) is 4.96 Å². The van der Waals surface area contributed by atoms with E-state index in [4.69, 9.17) is 4.74 Å². The van der Waals surface area contributed by atoms with Gasteiger partial charge in [0, 0.05) is 18.1 Å². The van der Waals surface area contributed by atoms with Gasteiger partial charge >= 0.3 is 0 Å². The molecular formula is C13H12BrN3OS. The summed E-state index contributed by atoms with van der Waals surface area (Å²) in [4.78, 5) is 5.46. The first kappa shape index (κ1) is 12.7. The molecule has 1 aromatic carbocycles. The Morgan fingerprint density at radius 1 is 1.42 bits per heavy atom. The first-order valence-electron chi connectivity index (χ1n) is 5.81. The van der Waals surface area contributed by atoms with E-state index in [1.165, 1.54) is 0 Å². The van der Waals surface area contributed by atoms with Crippen molar-refractivity contribution < 1.29 is 4.74 Å². The summed E-state index contributed by atoms with van der Waals surface area (Å²) in [5, 5.41) is 5.16. The van der Waals surface area contributed by atoms with Gasteiger partial charge in [0.05, 0.1) is 4.47 Å². The summed E-state index contributed by atoms with van der Waals surface area (Å²) >= 11 is 5.07. The average molecular weight is 338 g/mol. The first-order valence-corrected chi connectivity index (χ1v) is 7.48. The molecule has 0 fully saturated rings. The van der Waals surface area contributed by atoms with E-state index < -0.39 is 0 Å². The van der Waals surface area contributed by atoms with Crippen molar-refractivity contribution >= 4 is 32.2 Å². The highest BCUT2D eigenvalue weighted by Gasteiger charge is 2.15. The highest BCUT2D eigenvalue weighted by Crippen LogP contribution is 2.32. The summed E-state index contributed by atoms with van der Waals surface area (Å²) in [7, 11) is 1.91. The molecule has 0 aliphatic carbocycles. The number of aromatic nitrogens is 2. The largest absolute Gasteiger partial charge is 0.436 e. The molecule has 0 unspecified atom stereocenters. The molecule has 0 atom stereocenters. The molecule has 6 heteroatoms. The molecular weight excluding hydrogens is 326 g/mol. The fourth-order valence-electron chi connectivity index (χ4n) is 1.85. The number of para-hydroxylation sites is 1. The van der Waals surface area contributed by atoms with Crippen molar-refractivity contribution in [3.8, 4) is 11.6 Å². The quantitative estimate of drug-likeness (QED) is 0.789. The normalized spacial score (nSPS) is 11.1. The van der Waals surface area contributed by atoms with Gasteiger partial charge in [-0.3, -0.25) is 4.40 Å². The van der Waals surface area contributed by atoms with Crippen LogP contribution < -0.4 is 10.1 Å². The molecule has 19 heavy (non-hydrogen) atoms. The summed E-state index contributed by atoms with van der Waals surface area (Å²) in [6.07, 6.45) is 2.01. The topological polar surface area (TPSA) is 38.6 Å². The van der Waals surface area contributed by atoms with E-state index in [1.807, 2.05) is 47.3 Å². The summed E-state index contributed by atoms with van der Waals surface area (Å²) in [5.74, 6) is 1.42. The molecule has 4 nitrogen and oxygen atoms in total. The zero-order valence-corrected chi connectivity index (χ0v) is 12.7. The van der Waals surface area contributed by atoms with Gasteiger partial charge in [-0.2, -0.15) is 4.98 Å². The SMILES string of the molecule is CNCc1c(Oc2ccccc2Br)nc2sccn12. The fraction of sp³-hybridized carbons (Fsp3) is 0.154. The van der Waals surface area contributed by atoms with Crippen LogP contribution in [0.25, 0.3) is 4.96 Å². The van der Waals surface area contributed by atoms with Crippen molar-refractivity contribution in [3.63, 3.8) is 0 Å². The highest BCUT2D eigenvalue weighted by atomic mass is 79.9. The standard InChI is InChI=1S/C13H12BrN3OS/c1-15-8-10-12(16-13-17(10)6-7-19-13)18-11-5-3-2-4-9(11)14/h2-7,15H,8H2,1H3. The lowest BCUT2D eigenvalue weighted by atomic mass is 10.3. The third kappa shape index (κ3) is 2.39. The Morgan fingerprint density at radius 2 is 2.26 bits per heavy atom. The highest BCUT2D eigenvalue weighted by molar-refractivity contribution is 9.10. The van der Waals surface area contributed by atoms with Crippen LogP contribution in [0.4, 0.5) is 0 Å². The zero-order valence-electron chi connectivity index (χ0n) is 10.3. The molecule has 0 spiro atoms. The maximum absolute atomic E-state index is 5.92. The molecule has 0 saturated carbocycles. The lowest BCUT2D eigenvalue weighted by molar-refractivity contribution is 0.454. The van der Waals surface area contributed by atoms with Crippen LogP contribution >= 0.6 is 27.3 Å². The van der Waals surface area contributed by atoms with Crippen molar-refractivity contribution in [1.82, 2.24) is 14.7 Å². The molecule has 0 aliphatic rings. The Kier molecular flexibility index (Phi) is 3.54. The number of hydrogen-bond acceptors (Lipinski definition) is 4. The van der Waals surface area contributed by atoms with Crippen LogP contribution in [0.1, 0.15) is 5.69 Å². The Labute approximate surface area is 123 Å². The van der Waals surface area contributed by atoms with Crippen molar-refractivity contribution in [2.24, 2.45) is 0 Å². The molecule has 0 bridgehead atoms.